The Balaban J connectivity index is 0.830. The molecule has 372 valence electrons. The SMILES string of the molecule is COC(=O)N[C@H](C(=O)N1CC2(CC2)C[C@H]1c1ncc(-c2ccc(-c3ccc(-c4ccc(-c5cnc([C@@H]6CC7(CC7)CN6C(=O)[C@@H](NC(=O)OC)C(C)C)[nH]5)cc4)c4c3C3CC(C)CC4N3)cc2)[nH]1)C(C)C. The molecule has 2 aromatic heterocycles. The maximum absolute atomic E-state index is 14.0. The number of H-pyrrole nitrogens is 2. The van der Waals surface area contributed by atoms with Crippen molar-refractivity contribution in [3.63, 3.8) is 0 Å². The van der Waals surface area contributed by atoms with E-state index in [0.717, 1.165) is 85.5 Å². The van der Waals surface area contributed by atoms with Gasteiger partial charge < -0.3 is 45.2 Å². The molecule has 4 amide bonds. The van der Waals surface area contributed by atoms with Crippen LogP contribution in [0.2, 0.25) is 0 Å². The molecule has 0 radical (unpaired) electrons. The van der Waals surface area contributed by atoms with Gasteiger partial charge in [-0.3, -0.25) is 9.59 Å². The van der Waals surface area contributed by atoms with Crippen molar-refractivity contribution in [2.45, 2.75) is 122 Å². The van der Waals surface area contributed by atoms with Crippen LogP contribution in [0.1, 0.15) is 133 Å². The highest BCUT2D eigenvalue weighted by molar-refractivity contribution is 5.88. The van der Waals surface area contributed by atoms with E-state index in [1.165, 1.54) is 47.6 Å². The quantitative estimate of drug-likeness (QED) is 0.0812. The molecule has 11 rings (SSSR count). The first-order chi connectivity index (χ1) is 34.2. The van der Waals surface area contributed by atoms with Gasteiger partial charge in [-0.1, -0.05) is 95.3 Å². The fraction of sp³-hybridized carbons (Fsp3) is 0.500. The molecular weight excluding hydrogens is 895 g/mol. The van der Waals surface area contributed by atoms with E-state index in [4.69, 9.17) is 19.4 Å². The second kappa shape index (κ2) is 18.0. The van der Waals surface area contributed by atoms with E-state index in [2.05, 4.69) is 93.5 Å². The zero-order valence-electron chi connectivity index (χ0n) is 41.9. The number of ether oxygens (including phenoxy) is 2. The molecule has 5 fully saturated rings. The van der Waals surface area contributed by atoms with Gasteiger partial charge >= 0.3 is 12.2 Å². The van der Waals surface area contributed by atoms with E-state index < -0.39 is 24.3 Å². The molecular formula is C56H67N9O6. The third-order valence-electron chi connectivity index (χ3n) is 16.8. The van der Waals surface area contributed by atoms with Gasteiger partial charge in [0.25, 0.3) is 0 Å². The molecule has 2 aliphatic carbocycles. The minimum atomic E-state index is -0.689. The number of aromatic nitrogens is 4. The van der Waals surface area contributed by atoms with Gasteiger partial charge in [0.05, 0.1) is 50.1 Å². The van der Waals surface area contributed by atoms with Crippen molar-refractivity contribution < 1.29 is 28.7 Å². The maximum Gasteiger partial charge on any atom is 0.407 e. The number of carbonyl (C=O) groups excluding carboxylic acids is 4. The lowest BCUT2D eigenvalue weighted by atomic mass is 9.86. The van der Waals surface area contributed by atoms with E-state index in [1.807, 2.05) is 49.9 Å². The molecule has 4 aliphatic heterocycles. The second-order valence-electron chi connectivity index (χ2n) is 22.4. The number of nitrogens with one attached hydrogen (secondary N) is 5. The molecule has 6 aliphatic rings. The van der Waals surface area contributed by atoms with Crippen LogP contribution in [0.5, 0.6) is 0 Å². The Morgan fingerprint density at radius 2 is 0.986 bits per heavy atom. The van der Waals surface area contributed by atoms with Crippen molar-refractivity contribution in [3.8, 4) is 44.8 Å². The summed E-state index contributed by atoms with van der Waals surface area (Å²) < 4.78 is 9.72. The number of imidazole rings is 2. The number of likely N-dealkylation sites (tertiary alicyclic amines) is 2. The Bertz CT molecular complexity index is 2670. The number of benzene rings is 3. The molecule has 3 aromatic carbocycles. The number of aromatic amines is 2. The number of hydrogen-bond acceptors (Lipinski definition) is 9. The van der Waals surface area contributed by atoms with E-state index in [1.54, 1.807) is 0 Å². The highest BCUT2D eigenvalue weighted by Crippen LogP contribution is 2.60. The number of rotatable bonds is 12. The third kappa shape index (κ3) is 8.67. The van der Waals surface area contributed by atoms with Crippen LogP contribution < -0.4 is 16.0 Å². The average Bonchev–Trinajstić information content (AvgIpc) is 3.86. The lowest BCUT2D eigenvalue weighted by molar-refractivity contribution is -0.136. The fourth-order valence-corrected chi connectivity index (χ4v) is 12.4. The molecule has 71 heavy (non-hydrogen) atoms. The number of alkyl carbamates (subject to hydrolysis) is 2. The van der Waals surface area contributed by atoms with Crippen molar-refractivity contribution in [1.29, 1.82) is 0 Å². The Morgan fingerprint density at radius 3 is 1.34 bits per heavy atom. The zero-order chi connectivity index (χ0) is 49.5. The van der Waals surface area contributed by atoms with E-state index in [9.17, 15) is 19.2 Å². The molecule has 6 atom stereocenters. The summed E-state index contributed by atoms with van der Waals surface area (Å²) in [5.74, 6) is 1.72. The van der Waals surface area contributed by atoms with Crippen molar-refractivity contribution >= 4 is 24.0 Å². The summed E-state index contributed by atoms with van der Waals surface area (Å²) in [6.07, 6.45) is 10.8. The number of fused-ring (bicyclic) bond motifs is 5. The van der Waals surface area contributed by atoms with Gasteiger partial charge in [0.2, 0.25) is 11.8 Å². The van der Waals surface area contributed by atoms with Gasteiger partial charge in [-0.2, -0.15) is 0 Å². The topological polar surface area (TPSA) is 187 Å². The Kier molecular flexibility index (Phi) is 11.9. The van der Waals surface area contributed by atoms with E-state index in [-0.39, 0.29) is 58.6 Å². The van der Waals surface area contributed by atoms with Crippen LogP contribution in [-0.4, -0.2) is 93.1 Å². The summed E-state index contributed by atoms with van der Waals surface area (Å²) in [5, 5.41) is 9.55. The van der Waals surface area contributed by atoms with Gasteiger partial charge in [-0.25, -0.2) is 19.6 Å². The molecule has 6 heterocycles. The normalized spacial score (nSPS) is 24.0. The van der Waals surface area contributed by atoms with Gasteiger partial charge in [0.1, 0.15) is 23.7 Å². The lowest BCUT2D eigenvalue weighted by Gasteiger charge is -2.30. The van der Waals surface area contributed by atoms with Gasteiger partial charge in [-0.05, 0) is 124 Å². The standard InChI is InChI=1S/C56H67N9O6/c1-30(2)47(62-53(68)70-6)51(66)64-28-55(18-19-55)24-43(64)49-57-26-41(60-49)35-12-8-33(9-13-35)37-16-17-38(46-40-23-32(5)22-39(59-40)45(37)46)34-10-14-36(15-11-34)42-27-58-50(61-42)44-25-56(20-21-56)29-65(44)52(67)48(31(3)4)63-54(69)71-7/h8-17,26-27,30-32,39-40,43-44,47-48,59H,18-25,28-29H2,1-7H3,(H,57,60)(H,58,61)(H,62,68)(H,63,69)/t32?,39?,40?,43-,44-,47-,48-/m0/s1. The van der Waals surface area contributed by atoms with E-state index >= 15 is 0 Å². The molecule has 15 heteroatoms. The summed E-state index contributed by atoms with van der Waals surface area (Å²) in [7, 11) is 2.63. The van der Waals surface area contributed by atoms with Crippen molar-refractivity contribution in [1.82, 2.24) is 45.7 Å². The third-order valence-corrected chi connectivity index (χ3v) is 16.8. The van der Waals surface area contributed by atoms with Crippen LogP contribution in [0.15, 0.2) is 73.1 Å². The Labute approximate surface area is 415 Å². The average molecular weight is 962 g/mol. The summed E-state index contributed by atoms with van der Waals surface area (Å²) in [4.78, 5) is 73.3. The molecule has 5 N–H and O–H groups in total. The largest absolute Gasteiger partial charge is 0.453 e. The highest BCUT2D eigenvalue weighted by Gasteiger charge is 2.56. The predicted molar refractivity (Wildman–Crippen MR) is 269 cm³/mol. The van der Waals surface area contributed by atoms with Crippen LogP contribution in [0, 0.1) is 28.6 Å². The molecule has 3 saturated heterocycles. The number of methoxy groups -OCH3 is 2. The molecule has 2 bridgehead atoms. The molecule has 2 unspecified atom stereocenters. The highest BCUT2D eigenvalue weighted by atomic mass is 16.5. The minimum absolute atomic E-state index is 0.100. The first-order valence-electron chi connectivity index (χ1n) is 25.7. The molecule has 2 spiro atoms. The molecule has 5 aromatic rings. The van der Waals surface area contributed by atoms with E-state index in [0.29, 0.717) is 19.0 Å². The Hall–Kier alpha value is -6.48. The number of hydrogen-bond donors (Lipinski definition) is 5. The summed E-state index contributed by atoms with van der Waals surface area (Å²) in [6.45, 7) is 11.4. The minimum Gasteiger partial charge on any atom is -0.453 e. The smallest absolute Gasteiger partial charge is 0.407 e. The molecule has 2 saturated carbocycles. The predicted octanol–water partition coefficient (Wildman–Crippen LogP) is 9.78. The summed E-state index contributed by atoms with van der Waals surface area (Å²) in [6, 6.07) is 20.9. The van der Waals surface area contributed by atoms with Crippen LogP contribution in [0.3, 0.4) is 0 Å². The Morgan fingerprint density at radius 1 is 0.606 bits per heavy atom. The van der Waals surface area contributed by atoms with Crippen LogP contribution in [-0.2, 0) is 19.1 Å². The number of piperidine rings is 1. The van der Waals surface area contributed by atoms with Gasteiger partial charge in [0, 0.05) is 25.2 Å². The van der Waals surface area contributed by atoms with Gasteiger partial charge in [0.15, 0.2) is 0 Å². The monoisotopic (exact) mass is 962 g/mol. The fourth-order valence-electron chi connectivity index (χ4n) is 12.4. The first-order valence-corrected chi connectivity index (χ1v) is 25.7. The zero-order valence-corrected chi connectivity index (χ0v) is 41.9. The number of carbonyl (C=O) groups is 4. The summed E-state index contributed by atoms with van der Waals surface area (Å²) in [5.41, 5.74) is 11.7. The second-order valence-corrected chi connectivity index (χ2v) is 22.4. The lowest BCUT2D eigenvalue weighted by Crippen LogP contribution is -2.51. The maximum atomic E-state index is 14.0. The van der Waals surface area contributed by atoms with Crippen molar-refractivity contribution in [3.05, 3.63) is 95.8 Å². The van der Waals surface area contributed by atoms with Crippen molar-refractivity contribution in [2.75, 3.05) is 27.3 Å². The van der Waals surface area contributed by atoms with Crippen LogP contribution in [0.25, 0.3) is 44.8 Å². The van der Waals surface area contributed by atoms with Crippen LogP contribution >= 0.6 is 0 Å². The number of amides is 4. The first kappa shape index (κ1) is 46.9. The summed E-state index contributed by atoms with van der Waals surface area (Å²) >= 11 is 0. The number of nitrogens with zero attached hydrogens (tertiary/aromatic N) is 4. The van der Waals surface area contributed by atoms with Gasteiger partial charge in [-0.15, -0.1) is 0 Å². The van der Waals surface area contributed by atoms with Crippen molar-refractivity contribution in [2.24, 2.45) is 28.6 Å². The van der Waals surface area contributed by atoms with Crippen LogP contribution in [0.4, 0.5) is 9.59 Å². The molecule has 15 nitrogen and oxygen atoms in total.